The number of hydrogen-bond donors (Lipinski definition) is 0. The maximum atomic E-state index is 13.6. The van der Waals surface area contributed by atoms with E-state index in [1.807, 2.05) is 39.1 Å². The molecule has 1 fully saturated rings. The van der Waals surface area contributed by atoms with Gasteiger partial charge in [0.1, 0.15) is 0 Å². The lowest BCUT2D eigenvalue weighted by molar-refractivity contribution is 0.0600. The summed E-state index contributed by atoms with van der Waals surface area (Å²) in [6.45, 7) is 5.54. The number of likely N-dealkylation sites (N-methyl/N-ethyl adjacent to an activating group) is 1. The van der Waals surface area contributed by atoms with Crippen molar-refractivity contribution in [2.75, 3.05) is 38.1 Å². The van der Waals surface area contributed by atoms with Crippen molar-refractivity contribution < 1.29 is 17.9 Å². The third-order valence-electron chi connectivity index (χ3n) is 5.37. The van der Waals surface area contributed by atoms with E-state index in [-0.39, 0.29) is 12.6 Å². The third kappa shape index (κ3) is 4.80. The van der Waals surface area contributed by atoms with E-state index >= 15 is 0 Å². The molecule has 1 aromatic heterocycles. The molecule has 1 aliphatic rings. The normalized spacial score (nSPS) is 18.2. The molecule has 0 bridgehead atoms. The van der Waals surface area contributed by atoms with E-state index in [1.54, 1.807) is 18.2 Å². The number of carbonyl (C=O) groups excluding carboxylic acids is 1. The molecule has 1 atom stereocenters. The Hall–Kier alpha value is -2.49. The first-order valence-corrected chi connectivity index (χ1v) is 11.2. The number of methoxy groups -OCH3 is 1. The van der Waals surface area contributed by atoms with E-state index < -0.39 is 16.2 Å². The smallest absolute Gasteiger partial charge is 0.339 e. The Bertz CT molecular complexity index is 994. The number of ether oxygens (including phenoxy) is 1. The van der Waals surface area contributed by atoms with Gasteiger partial charge < -0.3 is 9.64 Å². The standard InChI is InChI=1S/C21H28N4O4S/c1-16-6-5-7-20(12-16)25(15-19-9-8-18(13-22-19)21(26)29-4)30(27,28)24-11-10-23(3)17(2)14-24/h5-9,12-13,17H,10-11,14-15H2,1-4H3/t17-/m0/s1. The van der Waals surface area contributed by atoms with Gasteiger partial charge in [-0.05, 0) is 50.7 Å². The second-order valence-corrected chi connectivity index (χ2v) is 9.42. The molecule has 1 saturated heterocycles. The predicted molar refractivity (Wildman–Crippen MR) is 116 cm³/mol. The first-order valence-electron chi connectivity index (χ1n) is 9.80. The number of benzene rings is 1. The summed E-state index contributed by atoms with van der Waals surface area (Å²) in [5.41, 5.74) is 2.41. The van der Waals surface area contributed by atoms with Crippen LogP contribution in [0.15, 0.2) is 42.6 Å². The zero-order valence-electron chi connectivity index (χ0n) is 17.8. The highest BCUT2D eigenvalue weighted by molar-refractivity contribution is 7.90. The van der Waals surface area contributed by atoms with E-state index in [2.05, 4.69) is 9.88 Å². The number of esters is 1. The highest BCUT2D eigenvalue weighted by Crippen LogP contribution is 2.25. The summed E-state index contributed by atoms with van der Waals surface area (Å²) in [6, 6.07) is 10.8. The quantitative estimate of drug-likeness (QED) is 0.650. The summed E-state index contributed by atoms with van der Waals surface area (Å²) in [4.78, 5) is 18.1. The predicted octanol–water partition coefficient (Wildman–Crippen LogP) is 2.06. The van der Waals surface area contributed by atoms with Crippen LogP contribution in [0.2, 0.25) is 0 Å². The average Bonchev–Trinajstić information content (AvgIpc) is 2.73. The molecule has 0 saturated carbocycles. The first kappa shape index (κ1) is 22.2. The van der Waals surface area contributed by atoms with E-state index in [4.69, 9.17) is 4.74 Å². The van der Waals surface area contributed by atoms with Gasteiger partial charge in [0, 0.05) is 31.9 Å². The first-order chi connectivity index (χ1) is 14.2. The summed E-state index contributed by atoms with van der Waals surface area (Å²) < 4.78 is 34.8. The molecule has 1 aromatic carbocycles. The van der Waals surface area contributed by atoms with Crippen LogP contribution >= 0.6 is 0 Å². The van der Waals surface area contributed by atoms with Crippen molar-refractivity contribution in [3.05, 3.63) is 59.4 Å². The Labute approximate surface area is 178 Å². The Morgan fingerprint density at radius 3 is 2.63 bits per heavy atom. The van der Waals surface area contributed by atoms with Crippen LogP contribution in [0.5, 0.6) is 0 Å². The lowest BCUT2D eigenvalue weighted by Crippen LogP contribution is -2.55. The molecule has 162 valence electrons. The maximum absolute atomic E-state index is 13.6. The van der Waals surface area contributed by atoms with Gasteiger partial charge in [0.05, 0.1) is 30.6 Å². The van der Waals surface area contributed by atoms with Crippen molar-refractivity contribution in [2.24, 2.45) is 0 Å². The molecule has 1 aliphatic heterocycles. The van der Waals surface area contributed by atoms with Crippen LogP contribution in [-0.4, -0.2) is 68.4 Å². The number of rotatable bonds is 6. The molecule has 2 heterocycles. The number of nitrogens with zero attached hydrogens (tertiary/aromatic N) is 4. The highest BCUT2D eigenvalue weighted by atomic mass is 32.2. The number of pyridine rings is 1. The van der Waals surface area contributed by atoms with Crippen LogP contribution in [0.3, 0.4) is 0 Å². The van der Waals surface area contributed by atoms with Crippen molar-refractivity contribution >= 4 is 21.9 Å². The van der Waals surface area contributed by atoms with Crippen LogP contribution in [0, 0.1) is 6.92 Å². The van der Waals surface area contributed by atoms with Crippen molar-refractivity contribution in [1.82, 2.24) is 14.2 Å². The lowest BCUT2D eigenvalue weighted by Gasteiger charge is -2.39. The van der Waals surface area contributed by atoms with E-state index in [1.165, 1.54) is 21.9 Å². The van der Waals surface area contributed by atoms with E-state index in [0.29, 0.717) is 36.6 Å². The maximum Gasteiger partial charge on any atom is 0.339 e. The van der Waals surface area contributed by atoms with Gasteiger partial charge in [0.2, 0.25) is 0 Å². The fourth-order valence-corrected chi connectivity index (χ4v) is 5.03. The van der Waals surface area contributed by atoms with Crippen molar-refractivity contribution in [2.45, 2.75) is 26.4 Å². The number of piperazine rings is 1. The molecule has 3 rings (SSSR count). The molecular formula is C21H28N4O4S. The number of carbonyl (C=O) groups is 1. The molecule has 9 heteroatoms. The monoisotopic (exact) mass is 432 g/mol. The average molecular weight is 433 g/mol. The van der Waals surface area contributed by atoms with Crippen molar-refractivity contribution in [3.8, 4) is 0 Å². The minimum Gasteiger partial charge on any atom is -0.465 e. The minimum absolute atomic E-state index is 0.0635. The van der Waals surface area contributed by atoms with Crippen LogP contribution in [0.4, 0.5) is 5.69 Å². The largest absolute Gasteiger partial charge is 0.465 e. The number of aryl methyl sites for hydroxylation is 1. The Kier molecular flexibility index (Phi) is 6.74. The molecule has 2 aromatic rings. The van der Waals surface area contributed by atoms with Gasteiger partial charge in [-0.3, -0.25) is 9.29 Å². The molecule has 8 nitrogen and oxygen atoms in total. The van der Waals surface area contributed by atoms with Crippen molar-refractivity contribution in [1.29, 1.82) is 0 Å². The van der Waals surface area contributed by atoms with Gasteiger partial charge >= 0.3 is 16.2 Å². The summed E-state index contributed by atoms with van der Waals surface area (Å²) in [7, 11) is -0.467. The van der Waals surface area contributed by atoms with Gasteiger partial charge in [-0.25, -0.2) is 4.79 Å². The summed E-state index contributed by atoms with van der Waals surface area (Å²) >= 11 is 0. The second kappa shape index (κ2) is 9.11. The van der Waals surface area contributed by atoms with Crippen LogP contribution < -0.4 is 4.31 Å². The highest BCUT2D eigenvalue weighted by Gasteiger charge is 2.34. The van der Waals surface area contributed by atoms with E-state index in [0.717, 1.165) is 5.56 Å². The molecular weight excluding hydrogens is 404 g/mol. The Balaban J connectivity index is 1.94. The fourth-order valence-electron chi connectivity index (χ4n) is 3.36. The van der Waals surface area contributed by atoms with Crippen molar-refractivity contribution in [3.63, 3.8) is 0 Å². The molecule has 0 N–H and O–H groups in total. The molecule has 0 spiro atoms. The number of anilines is 1. The summed E-state index contributed by atoms with van der Waals surface area (Å²) in [6.07, 6.45) is 1.40. The van der Waals surface area contributed by atoms with Crippen LogP contribution in [-0.2, 0) is 21.5 Å². The Morgan fingerprint density at radius 1 is 1.27 bits per heavy atom. The summed E-state index contributed by atoms with van der Waals surface area (Å²) in [5.74, 6) is -0.483. The third-order valence-corrected chi connectivity index (χ3v) is 7.25. The van der Waals surface area contributed by atoms with Gasteiger partial charge in [-0.2, -0.15) is 12.7 Å². The SMILES string of the molecule is COC(=O)c1ccc(CN(c2cccc(C)c2)S(=O)(=O)N2CCN(C)[C@@H](C)C2)nc1. The van der Waals surface area contributed by atoms with Gasteiger partial charge in [0.25, 0.3) is 0 Å². The zero-order valence-corrected chi connectivity index (χ0v) is 18.6. The lowest BCUT2D eigenvalue weighted by atomic mass is 10.2. The zero-order chi connectivity index (χ0) is 21.9. The Morgan fingerprint density at radius 2 is 2.03 bits per heavy atom. The van der Waals surface area contributed by atoms with Gasteiger partial charge in [-0.15, -0.1) is 0 Å². The number of hydrogen-bond acceptors (Lipinski definition) is 6. The molecule has 0 unspecified atom stereocenters. The minimum atomic E-state index is -3.77. The van der Waals surface area contributed by atoms with E-state index in [9.17, 15) is 13.2 Å². The van der Waals surface area contributed by atoms with Crippen LogP contribution in [0.25, 0.3) is 0 Å². The molecule has 0 aliphatic carbocycles. The van der Waals surface area contributed by atoms with Crippen LogP contribution in [0.1, 0.15) is 28.5 Å². The fraction of sp³-hybridized carbons (Fsp3) is 0.429. The topological polar surface area (TPSA) is 83.0 Å². The molecule has 30 heavy (non-hydrogen) atoms. The molecule has 0 radical (unpaired) electrons. The molecule has 0 amide bonds. The second-order valence-electron chi connectivity index (χ2n) is 7.57. The van der Waals surface area contributed by atoms with Gasteiger partial charge in [0.15, 0.2) is 0 Å². The van der Waals surface area contributed by atoms with Gasteiger partial charge in [-0.1, -0.05) is 12.1 Å². The number of aromatic nitrogens is 1. The summed E-state index contributed by atoms with van der Waals surface area (Å²) in [5, 5.41) is 0.